The summed E-state index contributed by atoms with van der Waals surface area (Å²) in [4.78, 5) is 38.6. The fraction of sp³-hybridized carbons (Fsp3) is 0.812. The highest BCUT2D eigenvalue weighted by Gasteiger charge is 2.54. The first kappa shape index (κ1) is 14.5. The molecule has 0 aromatic heterocycles. The van der Waals surface area contributed by atoms with Crippen LogP contribution in [0.3, 0.4) is 0 Å². The maximum absolute atomic E-state index is 12.9. The van der Waals surface area contributed by atoms with Crippen molar-refractivity contribution in [3.63, 3.8) is 0 Å². The molecule has 2 unspecified atom stereocenters. The average Bonchev–Trinajstić information content (AvgIpc) is 2.88. The molecule has 1 heterocycles. The summed E-state index contributed by atoms with van der Waals surface area (Å²) in [6.45, 7) is 2.66. The van der Waals surface area contributed by atoms with Gasteiger partial charge in [0.2, 0.25) is 11.8 Å². The maximum atomic E-state index is 12.9. The molecule has 1 N–H and O–H groups in total. The van der Waals surface area contributed by atoms with Crippen LogP contribution in [0.1, 0.15) is 58.3 Å². The van der Waals surface area contributed by atoms with E-state index in [9.17, 15) is 14.4 Å². The first-order chi connectivity index (χ1) is 10.0. The highest BCUT2D eigenvalue weighted by Crippen LogP contribution is 2.41. The van der Waals surface area contributed by atoms with E-state index in [-0.39, 0.29) is 11.8 Å². The number of imide groups is 2. The minimum absolute atomic E-state index is 0.241. The van der Waals surface area contributed by atoms with Gasteiger partial charge in [0.05, 0.1) is 0 Å². The van der Waals surface area contributed by atoms with Gasteiger partial charge in [-0.1, -0.05) is 39.0 Å². The zero-order valence-electron chi connectivity index (χ0n) is 12.7. The molecule has 1 spiro atoms. The van der Waals surface area contributed by atoms with Crippen molar-refractivity contribution in [2.75, 3.05) is 6.54 Å². The third-order valence-corrected chi connectivity index (χ3v) is 5.72. The first-order valence-electron chi connectivity index (χ1n) is 8.22. The number of carbonyl (C=O) groups is 3. The van der Waals surface area contributed by atoms with Gasteiger partial charge < -0.3 is 0 Å². The lowest BCUT2D eigenvalue weighted by atomic mass is 9.71. The van der Waals surface area contributed by atoms with E-state index in [1.54, 1.807) is 0 Å². The molecule has 3 fully saturated rings. The Labute approximate surface area is 125 Å². The zero-order chi connectivity index (χ0) is 15.0. The van der Waals surface area contributed by atoms with Crippen LogP contribution >= 0.6 is 0 Å². The summed E-state index contributed by atoms with van der Waals surface area (Å²) in [7, 11) is 0. The van der Waals surface area contributed by atoms with Crippen LogP contribution < -0.4 is 5.32 Å². The van der Waals surface area contributed by atoms with Crippen LogP contribution in [0, 0.1) is 17.3 Å². The van der Waals surface area contributed by atoms with Crippen LogP contribution in [0.15, 0.2) is 0 Å². The molecule has 116 valence electrons. The fourth-order valence-electron chi connectivity index (χ4n) is 4.22. The Morgan fingerprint density at radius 2 is 1.81 bits per heavy atom. The van der Waals surface area contributed by atoms with Gasteiger partial charge in [-0.05, 0) is 31.1 Å². The molecule has 0 radical (unpaired) electrons. The molecule has 3 rings (SSSR count). The Bertz CT molecular complexity index is 468. The number of hydrogen-bond donors (Lipinski definition) is 1. The SMILES string of the molecule is CC1CCCC1CN1C(=O)NC(=O)C2(CCCCC2)C1=O. The molecule has 5 heteroatoms. The normalized spacial score (nSPS) is 32.6. The zero-order valence-corrected chi connectivity index (χ0v) is 12.7. The van der Waals surface area contributed by atoms with E-state index in [0.29, 0.717) is 31.2 Å². The molecule has 1 saturated heterocycles. The minimum Gasteiger partial charge on any atom is -0.277 e. The van der Waals surface area contributed by atoms with Crippen LogP contribution in [0.25, 0.3) is 0 Å². The predicted octanol–water partition coefficient (Wildman–Crippen LogP) is 2.45. The largest absolute Gasteiger partial charge is 0.330 e. The maximum Gasteiger partial charge on any atom is 0.330 e. The highest BCUT2D eigenvalue weighted by atomic mass is 16.2. The van der Waals surface area contributed by atoms with Crippen molar-refractivity contribution in [1.82, 2.24) is 10.2 Å². The monoisotopic (exact) mass is 292 g/mol. The van der Waals surface area contributed by atoms with Gasteiger partial charge in [0.25, 0.3) is 0 Å². The van der Waals surface area contributed by atoms with Gasteiger partial charge in [-0.25, -0.2) is 4.79 Å². The van der Waals surface area contributed by atoms with Gasteiger partial charge in [0.1, 0.15) is 5.41 Å². The van der Waals surface area contributed by atoms with Crippen molar-refractivity contribution >= 4 is 17.8 Å². The number of rotatable bonds is 2. The van der Waals surface area contributed by atoms with Gasteiger partial charge in [-0.3, -0.25) is 19.8 Å². The summed E-state index contributed by atoms with van der Waals surface area (Å²) in [5, 5.41) is 2.44. The van der Waals surface area contributed by atoms with Crippen molar-refractivity contribution in [1.29, 1.82) is 0 Å². The standard InChI is InChI=1S/C16H24N2O3/c1-11-6-5-7-12(11)10-18-14(20)16(8-3-2-4-9-16)13(19)17-15(18)21/h11-12H,2-10H2,1H3,(H,17,19,21). The third kappa shape index (κ3) is 2.36. The van der Waals surface area contributed by atoms with Crippen LogP contribution in [0.5, 0.6) is 0 Å². The second-order valence-corrected chi connectivity index (χ2v) is 6.99. The van der Waals surface area contributed by atoms with Crippen molar-refractivity contribution in [2.45, 2.75) is 58.3 Å². The molecule has 0 aromatic carbocycles. The average molecular weight is 292 g/mol. The Morgan fingerprint density at radius 1 is 1.10 bits per heavy atom. The number of hydrogen-bond acceptors (Lipinski definition) is 3. The fourth-order valence-corrected chi connectivity index (χ4v) is 4.22. The molecule has 5 nitrogen and oxygen atoms in total. The molecule has 21 heavy (non-hydrogen) atoms. The van der Waals surface area contributed by atoms with Crippen LogP contribution in [0.2, 0.25) is 0 Å². The molecule has 2 atom stereocenters. The number of urea groups is 1. The molecular weight excluding hydrogens is 268 g/mol. The molecule has 0 bridgehead atoms. The van der Waals surface area contributed by atoms with Gasteiger partial charge in [0, 0.05) is 6.54 Å². The quantitative estimate of drug-likeness (QED) is 0.795. The smallest absolute Gasteiger partial charge is 0.277 e. The van der Waals surface area contributed by atoms with E-state index < -0.39 is 11.4 Å². The second-order valence-electron chi connectivity index (χ2n) is 6.99. The number of barbiturate groups is 1. The molecule has 3 aliphatic rings. The van der Waals surface area contributed by atoms with Gasteiger partial charge in [-0.2, -0.15) is 0 Å². The Balaban J connectivity index is 1.81. The molecular formula is C16H24N2O3. The summed E-state index contributed by atoms with van der Waals surface area (Å²) >= 11 is 0. The van der Waals surface area contributed by atoms with E-state index in [4.69, 9.17) is 0 Å². The van der Waals surface area contributed by atoms with E-state index >= 15 is 0 Å². The summed E-state index contributed by atoms with van der Waals surface area (Å²) in [6.07, 6.45) is 7.42. The van der Waals surface area contributed by atoms with Crippen molar-refractivity contribution < 1.29 is 14.4 Å². The molecule has 0 aromatic rings. The Hall–Kier alpha value is -1.39. The van der Waals surface area contributed by atoms with E-state index in [0.717, 1.165) is 25.7 Å². The molecule has 2 saturated carbocycles. The van der Waals surface area contributed by atoms with Crippen molar-refractivity contribution in [3.05, 3.63) is 0 Å². The molecule has 1 aliphatic heterocycles. The number of nitrogens with zero attached hydrogens (tertiary/aromatic N) is 1. The van der Waals surface area contributed by atoms with E-state index in [2.05, 4.69) is 12.2 Å². The highest BCUT2D eigenvalue weighted by molar-refractivity contribution is 6.19. The summed E-state index contributed by atoms with van der Waals surface area (Å²) in [6, 6.07) is -0.514. The topological polar surface area (TPSA) is 66.5 Å². The first-order valence-corrected chi connectivity index (χ1v) is 8.22. The Morgan fingerprint density at radius 3 is 2.43 bits per heavy atom. The Kier molecular flexibility index (Phi) is 3.76. The molecule has 2 aliphatic carbocycles. The van der Waals surface area contributed by atoms with E-state index in [1.807, 2.05) is 0 Å². The number of carbonyl (C=O) groups excluding carboxylic acids is 3. The predicted molar refractivity (Wildman–Crippen MR) is 77.3 cm³/mol. The second kappa shape index (κ2) is 5.43. The van der Waals surface area contributed by atoms with Crippen LogP contribution in [-0.2, 0) is 9.59 Å². The van der Waals surface area contributed by atoms with Gasteiger partial charge in [0.15, 0.2) is 0 Å². The summed E-state index contributed by atoms with van der Waals surface area (Å²) in [5.41, 5.74) is -0.964. The molecule has 4 amide bonds. The van der Waals surface area contributed by atoms with Gasteiger partial charge in [-0.15, -0.1) is 0 Å². The number of nitrogens with one attached hydrogen (secondary N) is 1. The third-order valence-electron chi connectivity index (χ3n) is 5.72. The summed E-state index contributed by atoms with van der Waals surface area (Å²) < 4.78 is 0. The van der Waals surface area contributed by atoms with Crippen molar-refractivity contribution in [2.24, 2.45) is 17.3 Å². The summed E-state index contributed by atoms with van der Waals surface area (Å²) in [5.74, 6) is 0.321. The minimum atomic E-state index is -0.964. The van der Waals surface area contributed by atoms with Crippen LogP contribution in [-0.4, -0.2) is 29.3 Å². The van der Waals surface area contributed by atoms with E-state index in [1.165, 1.54) is 17.7 Å². The van der Waals surface area contributed by atoms with Gasteiger partial charge >= 0.3 is 6.03 Å². The lowest BCUT2D eigenvalue weighted by Gasteiger charge is -2.42. The van der Waals surface area contributed by atoms with Crippen LogP contribution in [0.4, 0.5) is 4.79 Å². The van der Waals surface area contributed by atoms with Crippen molar-refractivity contribution in [3.8, 4) is 0 Å². The lowest BCUT2D eigenvalue weighted by molar-refractivity contribution is -0.154. The lowest BCUT2D eigenvalue weighted by Crippen LogP contribution is -2.65. The number of amides is 4.